The van der Waals surface area contributed by atoms with E-state index in [1.807, 2.05) is 61.5 Å². The van der Waals surface area contributed by atoms with E-state index in [0.717, 1.165) is 16.7 Å². The molecule has 0 saturated carbocycles. The van der Waals surface area contributed by atoms with Crippen molar-refractivity contribution in [2.24, 2.45) is 0 Å². The van der Waals surface area contributed by atoms with Crippen molar-refractivity contribution in [1.82, 2.24) is 9.71 Å². The van der Waals surface area contributed by atoms with Crippen LogP contribution in [0, 0.1) is 13.8 Å². The smallest absolute Gasteiger partial charge is 0.241 e. The summed E-state index contributed by atoms with van der Waals surface area (Å²) in [6.07, 6.45) is 1.66. The number of hydrogen-bond acceptors (Lipinski definition) is 3. The molecule has 1 unspecified atom stereocenters. The number of aryl methyl sites for hydroxylation is 2. The Morgan fingerprint density at radius 2 is 1.64 bits per heavy atom. The summed E-state index contributed by atoms with van der Waals surface area (Å²) in [6.45, 7) is 3.75. The van der Waals surface area contributed by atoms with Gasteiger partial charge in [-0.05, 0) is 43.2 Å². The summed E-state index contributed by atoms with van der Waals surface area (Å²) < 4.78 is 28.8. The second-order valence-corrected chi connectivity index (χ2v) is 7.67. The molecule has 4 nitrogen and oxygen atoms in total. The third-order valence-corrected chi connectivity index (χ3v) is 5.59. The van der Waals surface area contributed by atoms with Gasteiger partial charge >= 0.3 is 0 Å². The van der Waals surface area contributed by atoms with Gasteiger partial charge in [-0.15, -0.1) is 0 Å². The molecule has 0 aliphatic carbocycles. The largest absolute Gasteiger partial charge is 0.259 e. The van der Waals surface area contributed by atoms with Gasteiger partial charge in [0.1, 0.15) is 0 Å². The molecule has 25 heavy (non-hydrogen) atoms. The van der Waals surface area contributed by atoms with Crippen LogP contribution in [0.3, 0.4) is 0 Å². The molecule has 2 aromatic carbocycles. The summed E-state index contributed by atoms with van der Waals surface area (Å²) in [4.78, 5) is 4.63. The molecule has 0 aliphatic rings. The fourth-order valence-corrected chi connectivity index (χ4v) is 4.23. The van der Waals surface area contributed by atoms with E-state index >= 15 is 0 Å². The second-order valence-electron chi connectivity index (χ2n) is 5.99. The molecule has 5 heteroatoms. The number of pyridine rings is 1. The number of nitrogens with one attached hydrogen (secondary N) is 1. The number of aromatic nitrogens is 1. The minimum atomic E-state index is -3.69. The molecule has 0 bridgehead atoms. The number of nitrogens with zero attached hydrogens (tertiary/aromatic N) is 1. The van der Waals surface area contributed by atoms with Gasteiger partial charge in [0.15, 0.2) is 0 Å². The zero-order chi connectivity index (χ0) is 17.9. The van der Waals surface area contributed by atoms with E-state index in [1.165, 1.54) is 0 Å². The molecular weight excluding hydrogens is 332 g/mol. The highest BCUT2D eigenvalue weighted by atomic mass is 32.2. The highest BCUT2D eigenvalue weighted by molar-refractivity contribution is 7.89. The summed E-state index contributed by atoms with van der Waals surface area (Å²) in [5, 5.41) is 0. The molecule has 0 aliphatic heterocycles. The van der Waals surface area contributed by atoms with Gasteiger partial charge in [-0.2, -0.15) is 4.72 Å². The number of benzene rings is 2. The van der Waals surface area contributed by atoms with Crippen molar-refractivity contribution in [3.05, 3.63) is 95.3 Å². The van der Waals surface area contributed by atoms with Crippen LogP contribution in [0.2, 0.25) is 0 Å². The Morgan fingerprint density at radius 3 is 2.28 bits per heavy atom. The molecule has 3 rings (SSSR count). The first kappa shape index (κ1) is 17.3. The molecule has 128 valence electrons. The van der Waals surface area contributed by atoms with Crippen LogP contribution in [0.4, 0.5) is 0 Å². The maximum absolute atomic E-state index is 13.0. The predicted octanol–water partition coefficient (Wildman–Crippen LogP) is 3.77. The van der Waals surface area contributed by atoms with Crippen molar-refractivity contribution in [1.29, 1.82) is 0 Å². The van der Waals surface area contributed by atoms with Gasteiger partial charge in [-0.25, -0.2) is 8.42 Å². The third kappa shape index (κ3) is 3.95. The zero-order valence-electron chi connectivity index (χ0n) is 14.2. The van der Waals surface area contributed by atoms with Crippen LogP contribution in [0.1, 0.15) is 28.4 Å². The first-order valence-electron chi connectivity index (χ1n) is 8.03. The van der Waals surface area contributed by atoms with Crippen LogP contribution >= 0.6 is 0 Å². The second kappa shape index (κ2) is 7.17. The quantitative estimate of drug-likeness (QED) is 0.760. The summed E-state index contributed by atoms with van der Waals surface area (Å²) in [7, 11) is -3.69. The van der Waals surface area contributed by atoms with Gasteiger partial charge in [-0.3, -0.25) is 4.98 Å². The van der Waals surface area contributed by atoms with Crippen molar-refractivity contribution in [3.63, 3.8) is 0 Å². The highest BCUT2D eigenvalue weighted by Gasteiger charge is 2.24. The Morgan fingerprint density at radius 1 is 0.920 bits per heavy atom. The lowest BCUT2D eigenvalue weighted by atomic mass is 10.0. The van der Waals surface area contributed by atoms with Gasteiger partial charge < -0.3 is 0 Å². The third-order valence-electron chi connectivity index (χ3n) is 4.01. The lowest BCUT2D eigenvalue weighted by molar-refractivity contribution is 0.569. The molecule has 1 aromatic heterocycles. The number of hydrogen-bond donors (Lipinski definition) is 1. The molecule has 0 saturated heterocycles. The monoisotopic (exact) mass is 352 g/mol. The highest BCUT2D eigenvalue weighted by Crippen LogP contribution is 2.24. The summed E-state index contributed by atoms with van der Waals surface area (Å²) in [5.74, 6) is 0. The minimum Gasteiger partial charge on any atom is -0.259 e. The number of rotatable bonds is 5. The summed E-state index contributed by atoms with van der Waals surface area (Å²) in [5.41, 5.74) is 3.25. The minimum absolute atomic E-state index is 0.287. The van der Waals surface area contributed by atoms with Crippen LogP contribution in [0.25, 0.3) is 0 Å². The molecule has 1 N–H and O–H groups in total. The predicted molar refractivity (Wildman–Crippen MR) is 98.8 cm³/mol. The fraction of sp³-hybridized carbons (Fsp3) is 0.150. The maximum Gasteiger partial charge on any atom is 0.241 e. The van der Waals surface area contributed by atoms with Crippen molar-refractivity contribution in [2.45, 2.75) is 24.8 Å². The topological polar surface area (TPSA) is 59.1 Å². The zero-order valence-corrected chi connectivity index (χ0v) is 15.0. The average molecular weight is 352 g/mol. The Kier molecular flexibility index (Phi) is 4.97. The first-order valence-corrected chi connectivity index (χ1v) is 9.51. The molecule has 0 fully saturated rings. The molecule has 3 aromatic rings. The van der Waals surface area contributed by atoms with Crippen molar-refractivity contribution >= 4 is 10.0 Å². The van der Waals surface area contributed by atoms with Gasteiger partial charge in [-0.1, -0.05) is 54.1 Å². The van der Waals surface area contributed by atoms with Crippen LogP contribution in [0.15, 0.2) is 77.8 Å². The van der Waals surface area contributed by atoms with Gasteiger partial charge in [0.2, 0.25) is 10.0 Å². The van der Waals surface area contributed by atoms with Crippen LogP contribution in [0.5, 0.6) is 0 Å². The standard InChI is InChI=1S/C20H20N2O2S/c1-15-11-12-19(16(2)14-15)25(23,24)22-20(17-8-4-3-5-9-17)18-10-6-7-13-21-18/h3-14,20,22H,1-2H3. The van der Waals surface area contributed by atoms with Crippen molar-refractivity contribution < 1.29 is 8.42 Å². The maximum atomic E-state index is 13.0. The van der Waals surface area contributed by atoms with Gasteiger partial charge in [0, 0.05) is 6.20 Å². The first-order chi connectivity index (χ1) is 12.0. The van der Waals surface area contributed by atoms with E-state index in [-0.39, 0.29) is 4.90 Å². The average Bonchev–Trinajstić information content (AvgIpc) is 2.61. The van der Waals surface area contributed by atoms with E-state index in [2.05, 4.69) is 9.71 Å². The molecule has 0 radical (unpaired) electrons. The lowest BCUT2D eigenvalue weighted by Gasteiger charge is -2.19. The SMILES string of the molecule is Cc1ccc(S(=O)(=O)NC(c2ccccc2)c2ccccn2)c(C)c1. The van der Waals surface area contributed by atoms with E-state index in [9.17, 15) is 8.42 Å². The van der Waals surface area contributed by atoms with E-state index in [0.29, 0.717) is 5.69 Å². The molecule has 1 heterocycles. The van der Waals surface area contributed by atoms with Crippen LogP contribution in [-0.2, 0) is 10.0 Å². The molecule has 1 atom stereocenters. The van der Waals surface area contributed by atoms with Crippen LogP contribution < -0.4 is 4.72 Å². The Bertz CT molecular complexity index is 916. The van der Waals surface area contributed by atoms with Gasteiger partial charge in [0.05, 0.1) is 16.6 Å². The lowest BCUT2D eigenvalue weighted by Crippen LogP contribution is -2.30. The van der Waals surface area contributed by atoms with Crippen molar-refractivity contribution in [2.75, 3.05) is 0 Å². The molecule has 0 spiro atoms. The normalized spacial score (nSPS) is 12.7. The van der Waals surface area contributed by atoms with E-state index in [1.54, 1.807) is 25.3 Å². The molecular formula is C20H20N2O2S. The Labute approximate surface area is 148 Å². The van der Waals surface area contributed by atoms with Crippen LogP contribution in [-0.4, -0.2) is 13.4 Å². The van der Waals surface area contributed by atoms with E-state index in [4.69, 9.17) is 0 Å². The fourth-order valence-electron chi connectivity index (χ4n) is 2.81. The molecule has 0 amide bonds. The summed E-state index contributed by atoms with van der Waals surface area (Å²) >= 11 is 0. The van der Waals surface area contributed by atoms with Crippen molar-refractivity contribution in [3.8, 4) is 0 Å². The van der Waals surface area contributed by atoms with Gasteiger partial charge in [0.25, 0.3) is 0 Å². The summed E-state index contributed by atoms with van der Waals surface area (Å²) in [6, 6.07) is 19.7. The van der Waals surface area contributed by atoms with E-state index < -0.39 is 16.1 Å². The Balaban J connectivity index is 2.03. The number of sulfonamides is 1. The Hall–Kier alpha value is -2.50.